The van der Waals surface area contributed by atoms with E-state index in [-0.39, 0.29) is 10.6 Å². The van der Waals surface area contributed by atoms with E-state index in [1.807, 2.05) is 0 Å². The van der Waals surface area contributed by atoms with Crippen LogP contribution in [-0.2, 0) is 10.0 Å². The topological polar surface area (TPSA) is 107 Å². The highest BCUT2D eigenvalue weighted by Gasteiger charge is 2.51. The van der Waals surface area contributed by atoms with Gasteiger partial charge in [0.25, 0.3) is 5.69 Å². The van der Waals surface area contributed by atoms with Crippen molar-refractivity contribution in [1.82, 2.24) is 4.31 Å². The largest absolute Gasteiger partial charge is 0.394 e. The number of halogens is 3. The van der Waals surface area contributed by atoms with E-state index >= 15 is 0 Å². The van der Waals surface area contributed by atoms with Crippen molar-refractivity contribution in [2.75, 3.05) is 13.1 Å². The van der Waals surface area contributed by atoms with Crippen molar-refractivity contribution in [1.29, 1.82) is 0 Å². The third-order valence-corrected chi connectivity index (χ3v) is 5.28. The van der Waals surface area contributed by atoms with Gasteiger partial charge in [0.2, 0.25) is 10.0 Å². The molecule has 0 unspecified atom stereocenters. The minimum atomic E-state index is -4.58. The SMILES string of the molecule is N[C@@H]1CN(S(=O)(=O)c2ccc([N+](=O)[O-])cc2)C[C@H]1C(F)(F)F. The monoisotopic (exact) mass is 339 g/mol. The Bertz CT molecular complexity index is 675. The fraction of sp³-hybridized carbons (Fsp3) is 0.455. The summed E-state index contributed by atoms with van der Waals surface area (Å²) in [5.74, 6) is -1.93. The van der Waals surface area contributed by atoms with E-state index in [9.17, 15) is 31.7 Å². The molecule has 1 fully saturated rings. The summed E-state index contributed by atoms with van der Waals surface area (Å²) in [7, 11) is -4.18. The first-order chi connectivity index (χ1) is 10.0. The number of nitrogens with zero attached hydrogens (tertiary/aromatic N) is 2. The van der Waals surface area contributed by atoms with Crippen molar-refractivity contribution in [3.63, 3.8) is 0 Å². The molecule has 0 amide bonds. The van der Waals surface area contributed by atoms with E-state index < -0.39 is 46.2 Å². The van der Waals surface area contributed by atoms with Crippen LogP contribution in [0, 0.1) is 16.0 Å². The minimum Gasteiger partial charge on any atom is -0.326 e. The molecular formula is C11H12F3N3O4S. The van der Waals surface area contributed by atoms with Gasteiger partial charge >= 0.3 is 6.18 Å². The molecule has 7 nitrogen and oxygen atoms in total. The van der Waals surface area contributed by atoms with Crippen LogP contribution in [0.1, 0.15) is 0 Å². The lowest BCUT2D eigenvalue weighted by Gasteiger charge is -2.18. The van der Waals surface area contributed by atoms with Crippen molar-refractivity contribution < 1.29 is 26.5 Å². The Morgan fingerprint density at radius 1 is 1.23 bits per heavy atom. The van der Waals surface area contributed by atoms with Crippen LogP contribution in [0.15, 0.2) is 29.2 Å². The average Bonchev–Trinajstić information content (AvgIpc) is 2.81. The van der Waals surface area contributed by atoms with Crippen molar-refractivity contribution in [2.24, 2.45) is 11.7 Å². The molecule has 0 radical (unpaired) electrons. The van der Waals surface area contributed by atoms with E-state index in [1.165, 1.54) is 0 Å². The molecular weight excluding hydrogens is 327 g/mol. The van der Waals surface area contributed by atoms with Gasteiger partial charge in [-0.1, -0.05) is 0 Å². The van der Waals surface area contributed by atoms with Gasteiger partial charge in [-0.15, -0.1) is 0 Å². The van der Waals surface area contributed by atoms with Gasteiger partial charge in [0.15, 0.2) is 0 Å². The fourth-order valence-corrected chi connectivity index (χ4v) is 3.73. The van der Waals surface area contributed by atoms with Crippen LogP contribution in [0.2, 0.25) is 0 Å². The Kier molecular flexibility index (Phi) is 4.15. The summed E-state index contributed by atoms with van der Waals surface area (Å²) in [6, 6.07) is 2.58. The van der Waals surface area contributed by atoms with Crippen LogP contribution in [0.4, 0.5) is 18.9 Å². The Labute approximate surface area is 123 Å². The normalized spacial score (nSPS) is 23.6. The molecule has 2 rings (SSSR count). The van der Waals surface area contributed by atoms with Gasteiger partial charge in [0, 0.05) is 31.3 Å². The second-order valence-corrected chi connectivity index (χ2v) is 6.82. The molecule has 1 aromatic rings. The van der Waals surface area contributed by atoms with E-state index in [0.29, 0.717) is 4.31 Å². The number of hydrogen-bond donors (Lipinski definition) is 1. The van der Waals surface area contributed by atoms with E-state index in [2.05, 4.69) is 0 Å². The van der Waals surface area contributed by atoms with Gasteiger partial charge in [0.1, 0.15) is 0 Å². The molecule has 1 aliphatic heterocycles. The molecule has 1 aliphatic rings. The highest BCUT2D eigenvalue weighted by Crippen LogP contribution is 2.35. The predicted molar refractivity (Wildman–Crippen MR) is 69.4 cm³/mol. The highest BCUT2D eigenvalue weighted by molar-refractivity contribution is 7.89. The molecule has 122 valence electrons. The van der Waals surface area contributed by atoms with Crippen LogP contribution in [0.5, 0.6) is 0 Å². The molecule has 1 heterocycles. The minimum absolute atomic E-state index is 0.312. The maximum Gasteiger partial charge on any atom is 0.394 e. The Morgan fingerprint density at radius 3 is 2.18 bits per heavy atom. The van der Waals surface area contributed by atoms with Crippen molar-refractivity contribution >= 4 is 15.7 Å². The first-order valence-electron chi connectivity index (χ1n) is 6.10. The zero-order valence-electron chi connectivity index (χ0n) is 11.0. The summed E-state index contributed by atoms with van der Waals surface area (Å²) >= 11 is 0. The van der Waals surface area contributed by atoms with Crippen LogP contribution in [0.3, 0.4) is 0 Å². The van der Waals surface area contributed by atoms with E-state index in [4.69, 9.17) is 5.73 Å². The molecule has 1 aromatic carbocycles. The Hall–Kier alpha value is -1.72. The maximum atomic E-state index is 12.7. The van der Waals surface area contributed by atoms with E-state index in [0.717, 1.165) is 24.3 Å². The number of benzene rings is 1. The first-order valence-corrected chi connectivity index (χ1v) is 7.54. The molecule has 0 bridgehead atoms. The molecule has 22 heavy (non-hydrogen) atoms. The van der Waals surface area contributed by atoms with Crippen molar-refractivity contribution in [2.45, 2.75) is 17.1 Å². The Balaban J connectivity index is 2.26. The van der Waals surface area contributed by atoms with Gasteiger partial charge in [-0.25, -0.2) is 8.42 Å². The summed E-state index contributed by atoms with van der Waals surface area (Å²) in [5.41, 5.74) is 5.06. The molecule has 0 saturated carbocycles. The predicted octanol–water partition coefficient (Wildman–Crippen LogP) is 1.10. The second-order valence-electron chi connectivity index (χ2n) is 4.88. The molecule has 0 aliphatic carbocycles. The molecule has 0 spiro atoms. The number of non-ortho nitro benzene ring substituents is 1. The third kappa shape index (κ3) is 3.05. The number of nitrogens with two attached hydrogens (primary N) is 1. The average molecular weight is 339 g/mol. The van der Waals surface area contributed by atoms with Gasteiger partial charge in [0.05, 0.1) is 15.7 Å². The zero-order chi connectivity index (χ0) is 16.7. The number of rotatable bonds is 3. The standard InChI is InChI=1S/C11H12F3N3O4S/c12-11(13,14)9-5-16(6-10(9)15)22(20,21)8-3-1-7(2-4-8)17(18)19/h1-4,9-10H,5-6,15H2/t9-,10-/m1/s1. The lowest BCUT2D eigenvalue weighted by atomic mass is 10.1. The van der Waals surface area contributed by atoms with Crippen LogP contribution >= 0.6 is 0 Å². The summed E-state index contributed by atoms with van der Waals surface area (Å²) in [5, 5.41) is 10.5. The van der Waals surface area contributed by atoms with E-state index in [1.54, 1.807) is 0 Å². The number of nitro benzene ring substituents is 1. The lowest BCUT2D eigenvalue weighted by Crippen LogP contribution is -2.38. The lowest BCUT2D eigenvalue weighted by molar-refractivity contribution is -0.384. The molecule has 1 saturated heterocycles. The Morgan fingerprint density at radius 2 is 1.77 bits per heavy atom. The summed E-state index contributed by atoms with van der Waals surface area (Å²) in [6.07, 6.45) is -4.58. The summed E-state index contributed by atoms with van der Waals surface area (Å²) in [6.45, 7) is -1.21. The quantitative estimate of drug-likeness (QED) is 0.656. The van der Waals surface area contributed by atoms with Gasteiger partial charge in [-0.3, -0.25) is 10.1 Å². The van der Waals surface area contributed by atoms with Crippen LogP contribution in [-0.4, -0.2) is 43.0 Å². The molecule has 2 atom stereocenters. The van der Waals surface area contributed by atoms with Crippen molar-refractivity contribution in [3.05, 3.63) is 34.4 Å². The number of hydrogen-bond acceptors (Lipinski definition) is 5. The molecule has 11 heteroatoms. The maximum absolute atomic E-state index is 12.7. The van der Waals surface area contributed by atoms with Gasteiger partial charge in [-0.2, -0.15) is 17.5 Å². The van der Waals surface area contributed by atoms with Gasteiger partial charge in [-0.05, 0) is 12.1 Å². The van der Waals surface area contributed by atoms with Crippen LogP contribution < -0.4 is 5.73 Å². The number of alkyl halides is 3. The summed E-state index contributed by atoms with van der Waals surface area (Å²) in [4.78, 5) is 9.50. The second kappa shape index (κ2) is 5.48. The third-order valence-electron chi connectivity index (χ3n) is 3.44. The number of sulfonamides is 1. The van der Waals surface area contributed by atoms with Crippen molar-refractivity contribution in [3.8, 4) is 0 Å². The summed E-state index contributed by atoms with van der Waals surface area (Å²) < 4.78 is 63.4. The molecule has 0 aromatic heterocycles. The smallest absolute Gasteiger partial charge is 0.326 e. The fourth-order valence-electron chi connectivity index (χ4n) is 2.22. The molecule has 2 N–H and O–H groups in total. The van der Waals surface area contributed by atoms with Gasteiger partial charge < -0.3 is 5.73 Å². The zero-order valence-corrected chi connectivity index (χ0v) is 11.8. The highest BCUT2D eigenvalue weighted by atomic mass is 32.2. The van der Waals surface area contributed by atoms with Crippen LogP contribution in [0.25, 0.3) is 0 Å². The first kappa shape index (κ1) is 16.6. The number of nitro groups is 1.